The standard InChI is InChI=1S/C20H26FNO2/c1-22(2)11-3-4-19(23)15-7-10-18-16(12-15)13-24-20(18)14-5-8-17(21)9-6-14/h5,7-10,12,14,19-20,23H,3-4,6,11,13H2,1-2H3. The van der Waals surface area contributed by atoms with E-state index in [-0.39, 0.29) is 17.8 Å². The summed E-state index contributed by atoms with van der Waals surface area (Å²) in [5.41, 5.74) is 3.28. The monoisotopic (exact) mass is 331 g/mol. The van der Waals surface area contributed by atoms with Crippen molar-refractivity contribution in [3.05, 3.63) is 58.9 Å². The first-order chi connectivity index (χ1) is 11.5. The minimum Gasteiger partial charge on any atom is -0.388 e. The molecule has 1 N–H and O–H groups in total. The maximum absolute atomic E-state index is 13.1. The molecule has 0 aromatic heterocycles. The Bertz CT molecular complexity index is 639. The van der Waals surface area contributed by atoms with Crippen molar-refractivity contribution < 1.29 is 14.2 Å². The van der Waals surface area contributed by atoms with Crippen molar-refractivity contribution in [3.8, 4) is 0 Å². The summed E-state index contributed by atoms with van der Waals surface area (Å²) in [4.78, 5) is 2.13. The van der Waals surface area contributed by atoms with E-state index in [4.69, 9.17) is 4.74 Å². The van der Waals surface area contributed by atoms with Crippen molar-refractivity contribution >= 4 is 0 Å². The van der Waals surface area contributed by atoms with Gasteiger partial charge in [-0.05, 0) is 68.7 Å². The van der Waals surface area contributed by atoms with Crippen molar-refractivity contribution in [2.45, 2.75) is 38.1 Å². The largest absolute Gasteiger partial charge is 0.388 e. The number of hydrogen-bond acceptors (Lipinski definition) is 3. The summed E-state index contributed by atoms with van der Waals surface area (Å²) in [7, 11) is 4.08. The molecule has 3 unspecified atom stereocenters. The molecule has 0 bridgehead atoms. The van der Waals surface area contributed by atoms with Crippen molar-refractivity contribution in [2.75, 3.05) is 20.6 Å². The number of rotatable bonds is 6. The van der Waals surface area contributed by atoms with Gasteiger partial charge in [-0.2, -0.15) is 0 Å². The van der Waals surface area contributed by atoms with E-state index in [1.807, 2.05) is 26.2 Å². The number of benzene rings is 1. The molecule has 1 aromatic rings. The van der Waals surface area contributed by atoms with E-state index in [1.54, 1.807) is 6.08 Å². The molecule has 1 heterocycles. The van der Waals surface area contributed by atoms with Gasteiger partial charge >= 0.3 is 0 Å². The minimum atomic E-state index is -0.430. The predicted octanol–water partition coefficient (Wildman–Crippen LogP) is 4.06. The highest BCUT2D eigenvalue weighted by Gasteiger charge is 2.30. The van der Waals surface area contributed by atoms with E-state index in [0.29, 0.717) is 13.0 Å². The van der Waals surface area contributed by atoms with E-state index >= 15 is 0 Å². The second kappa shape index (κ2) is 7.60. The first-order valence-corrected chi connectivity index (χ1v) is 8.65. The summed E-state index contributed by atoms with van der Waals surface area (Å²) in [5.74, 6) is 0.0160. The van der Waals surface area contributed by atoms with E-state index < -0.39 is 6.10 Å². The van der Waals surface area contributed by atoms with E-state index in [0.717, 1.165) is 30.5 Å². The number of aliphatic hydroxyl groups excluding tert-OH is 1. The summed E-state index contributed by atoms with van der Waals surface area (Å²) < 4.78 is 19.1. The van der Waals surface area contributed by atoms with Crippen molar-refractivity contribution in [2.24, 2.45) is 5.92 Å². The van der Waals surface area contributed by atoms with Gasteiger partial charge in [-0.15, -0.1) is 0 Å². The van der Waals surface area contributed by atoms with Gasteiger partial charge in [0, 0.05) is 5.92 Å². The molecule has 1 aliphatic carbocycles. The fourth-order valence-corrected chi connectivity index (χ4v) is 3.46. The Labute approximate surface area is 143 Å². The average Bonchev–Trinajstić information content (AvgIpc) is 2.98. The topological polar surface area (TPSA) is 32.7 Å². The van der Waals surface area contributed by atoms with Crippen LogP contribution in [0.5, 0.6) is 0 Å². The maximum atomic E-state index is 13.1. The van der Waals surface area contributed by atoms with Gasteiger partial charge in [-0.3, -0.25) is 0 Å². The number of ether oxygens (including phenoxy) is 1. The molecule has 1 aliphatic heterocycles. The first kappa shape index (κ1) is 17.3. The lowest BCUT2D eigenvalue weighted by Gasteiger charge is -2.21. The molecular weight excluding hydrogens is 305 g/mol. The molecule has 2 aliphatic rings. The molecule has 4 heteroatoms. The molecule has 3 nitrogen and oxygen atoms in total. The Hall–Kier alpha value is -1.49. The fourth-order valence-electron chi connectivity index (χ4n) is 3.46. The Morgan fingerprint density at radius 3 is 2.92 bits per heavy atom. The molecular formula is C20H26FNO2. The molecule has 0 spiro atoms. The summed E-state index contributed by atoms with van der Waals surface area (Å²) in [5, 5.41) is 10.4. The quantitative estimate of drug-likeness (QED) is 0.853. The highest BCUT2D eigenvalue weighted by atomic mass is 19.1. The summed E-state index contributed by atoms with van der Waals surface area (Å²) in [6, 6.07) is 6.14. The van der Waals surface area contributed by atoms with Crippen LogP contribution in [0.15, 0.2) is 42.3 Å². The number of nitrogens with zero attached hydrogens (tertiary/aromatic N) is 1. The van der Waals surface area contributed by atoms with Crippen LogP contribution in [0, 0.1) is 5.92 Å². The van der Waals surface area contributed by atoms with Gasteiger partial charge in [-0.25, -0.2) is 4.39 Å². The van der Waals surface area contributed by atoms with Crippen molar-refractivity contribution in [1.82, 2.24) is 4.90 Å². The van der Waals surface area contributed by atoms with Gasteiger partial charge in [-0.1, -0.05) is 24.3 Å². The van der Waals surface area contributed by atoms with E-state index in [1.165, 1.54) is 11.6 Å². The molecule has 0 saturated heterocycles. The molecule has 0 saturated carbocycles. The Morgan fingerprint density at radius 2 is 2.21 bits per heavy atom. The zero-order valence-electron chi connectivity index (χ0n) is 14.4. The highest BCUT2D eigenvalue weighted by Crippen LogP contribution is 2.40. The van der Waals surface area contributed by atoms with Crippen LogP contribution in [-0.4, -0.2) is 30.6 Å². The molecule has 3 rings (SSSR count). The lowest BCUT2D eigenvalue weighted by Crippen LogP contribution is -2.14. The third-order valence-electron chi connectivity index (χ3n) is 4.84. The molecule has 3 atom stereocenters. The van der Waals surface area contributed by atoms with Gasteiger partial charge in [0.15, 0.2) is 0 Å². The normalized spacial score (nSPS) is 24.1. The smallest absolute Gasteiger partial charge is 0.118 e. The molecule has 0 radical (unpaired) electrons. The average molecular weight is 331 g/mol. The minimum absolute atomic E-state index is 0.0134. The SMILES string of the molecule is CN(C)CCCC(O)c1ccc2c(c1)COC2C1C=CC(F)=CC1. The van der Waals surface area contributed by atoms with Gasteiger partial charge in [0.05, 0.1) is 18.8 Å². The maximum Gasteiger partial charge on any atom is 0.118 e. The zero-order chi connectivity index (χ0) is 17.1. The van der Waals surface area contributed by atoms with Crippen LogP contribution >= 0.6 is 0 Å². The van der Waals surface area contributed by atoms with Gasteiger partial charge in [0.1, 0.15) is 5.83 Å². The molecule has 1 aromatic carbocycles. The second-order valence-electron chi connectivity index (χ2n) is 7.00. The van der Waals surface area contributed by atoms with Crippen molar-refractivity contribution in [1.29, 1.82) is 0 Å². The van der Waals surface area contributed by atoms with Gasteiger partial charge < -0.3 is 14.7 Å². The van der Waals surface area contributed by atoms with Crippen LogP contribution in [0.2, 0.25) is 0 Å². The number of allylic oxidation sites excluding steroid dienone is 3. The second-order valence-corrected chi connectivity index (χ2v) is 7.00. The van der Waals surface area contributed by atoms with E-state index in [2.05, 4.69) is 17.0 Å². The molecule has 24 heavy (non-hydrogen) atoms. The third-order valence-corrected chi connectivity index (χ3v) is 4.84. The van der Waals surface area contributed by atoms with Crippen LogP contribution < -0.4 is 0 Å². The number of halogens is 1. The van der Waals surface area contributed by atoms with Gasteiger partial charge in [0.25, 0.3) is 0 Å². The van der Waals surface area contributed by atoms with Crippen LogP contribution in [0.3, 0.4) is 0 Å². The highest BCUT2D eigenvalue weighted by molar-refractivity contribution is 5.38. The first-order valence-electron chi connectivity index (χ1n) is 8.65. The van der Waals surface area contributed by atoms with Crippen LogP contribution in [-0.2, 0) is 11.3 Å². The van der Waals surface area contributed by atoms with Crippen molar-refractivity contribution in [3.63, 3.8) is 0 Å². The van der Waals surface area contributed by atoms with Crippen LogP contribution in [0.1, 0.15) is 48.2 Å². The fraction of sp³-hybridized carbons (Fsp3) is 0.500. The summed E-state index contributed by atoms with van der Waals surface area (Å²) in [6.07, 6.45) is 7.00. The van der Waals surface area contributed by atoms with Gasteiger partial charge in [0.2, 0.25) is 0 Å². The molecule has 0 amide bonds. The Kier molecular flexibility index (Phi) is 5.49. The lowest BCUT2D eigenvalue weighted by atomic mass is 9.88. The number of aliphatic hydroxyl groups is 1. The van der Waals surface area contributed by atoms with Crippen LogP contribution in [0.25, 0.3) is 0 Å². The molecule has 0 fully saturated rings. The summed E-state index contributed by atoms with van der Waals surface area (Å²) >= 11 is 0. The zero-order valence-corrected chi connectivity index (χ0v) is 14.4. The predicted molar refractivity (Wildman–Crippen MR) is 93.2 cm³/mol. The number of hydrogen-bond donors (Lipinski definition) is 1. The number of fused-ring (bicyclic) bond motifs is 1. The summed E-state index contributed by atoms with van der Waals surface area (Å²) in [6.45, 7) is 1.54. The Balaban J connectivity index is 1.66. The Morgan fingerprint density at radius 1 is 1.38 bits per heavy atom. The van der Waals surface area contributed by atoms with Crippen LogP contribution in [0.4, 0.5) is 4.39 Å². The third kappa shape index (κ3) is 3.94. The lowest BCUT2D eigenvalue weighted by molar-refractivity contribution is 0.0373. The van der Waals surface area contributed by atoms with E-state index in [9.17, 15) is 9.50 Å². The molecule has 130 valence electrons.